The Hall–Kier alpha value is -2.58. The molecule has 0 spiro atoms. The second-order valence-corrected chi connectivity index (χ2v) is 8.38. The fraction of sp³-hybridized carbons (Fsp3) is 0.350. The summed E-state index contributed by atoms with van der Waals surface area (Å²) in [4.78, 5) is 11.5. The highest BCUT2D eigenvalue weighted by molar-refractivity contribution is 7.89. The molecule has 1 amide bonds. The summed E-state index contributed by atoms with van der Waals surface area (Å²) in [6, 6.07) is 12.2. The Morgan fingerprint density at radius 3 is 2.39 bits per heavy atom. The van der Waals surface area contributed by atoms with Crippen LogP contribution in [0.25, 0.3) is 0 Å². The molecule has 8 heteroatoms. The summed E-state index contributed by atoms with van der Waals surface area (Å²) in [6.45, 7) is 0.856. The van der Waals surface area contributed by atoms with Gasteiger partial charge in [-0.05, 0) is 41.8 Å². The number of amides is 1. The van der Waals surface area contributed by atoms with E-state index in [-0.39, 0.29) is 23.3 Å². The molecule has 3 rings (SSSR count). The highest BCUT2D eigenvalue weighted by Gasteiger charge is 2.23. The predicted molar refractivity (Wildman–Crippen MR) is 105 cm³/mol. The van der Waals surface area contributed by atoms with Crippen LogP contribution < -0.4 is 19.5 Å². The van der Waals surface area contributed by atoms with Crippen molar-refractivity contribution in [1.29, 1.82) is 0 Å². The lowest BCUT2D eigenvalue weighted by molar-refractivity contribution is -0.119. The Kier molecular flexibility index (Phi) is 6.21. The summed E-state index contributed by atoms with van der Waals surface area (Å²) >= 11 is 0. The number of sulfonamides is 1. The number of carbonyl (C=O) groups is 1. The monoisotopic (exact) mass is 404 g/mol. The first-order valence-corrected chi connectivity index (χ1v) is 10.5. The molecule has 0 saturated carbocycles. The number of carbonyl (C=O) groups excluding carboxylic acids is 1. The summed E-state index contributed by atoms with van der Waals surface area (Å²) in [5.41, 5.74) is 1.90. The zero-order valence-electron chi connectivity index (χ0n) is 15.9. The molecule has 0 unspecified atom stereocenters. The van der Waals surface area contributed by atoms with Crippen LogP contribution in [0, 0.1) is 0 Å². The third-order valence-electron chi connectivity index (χ3n) is 4.79. The van der Waals surface area contributed by atoms with E-state index in [0.717, 1.165) is 11.1 Å². The average Bonchev–Trinajstić information content (AvgIpc) is 3.14. The lowest BCUT2D eigenvalue weighted by Crippen LogP contribution is -2.26. The maximum atomic E-state index is 12.5. The summed E-state index contributed by atoms with van der Waals surface area (Å²) in [5.74, 6) is 1.37. The molecule has 0 bridgehead atoms. The Labute approximate surface area is 165 Å². The molecule has 0 aliphatic carbocycles. The molecule has 28 heavy (non-hydrogen) atoms. The fourth-order valence-electron chi connectivity index (χ4n) is 3.21. The van der Waals surface area contributed by atoms with E-state index < -0.39 is 10.0 Å². The Bertz CT molecular complexity index is 942. The normalized spacial score (nSPS) is 16.6. The second-order valence-electron chi connectivity index (χ2n) is 6.61. The number of ether oxygens (including phenoxy) is 2. The van der Waals surface area contributed by atoms with Crippen LogP contribution in [0.1, 0.15) is 23.5 Å². The van der Waals surface area contributed by atoms with E-state index in [9.17, 15) is 13.2 Å². The predicted octanol–water partition coefficient (Wildman–Crippen LogP) is 1.83. The van der Waals surface area contributed by atoms with Gasteiger partial charge >= 0.3 is 0 Å². The minimum atomic E-state index is -3.60. The molecule has 1 heterocycles. The molecule has 2 N–H and O–H groups in total. The van der Waals surface area contributed by atoms with Gasteiger partial charge < -0.3 is 14.8 Å². The van der Waals surface area contributed by atoms with Crippen LogP contribution in [0.2, 0.25) is 0 Å². The molecular weight excluding hydrogens is 380 g/mol. The van der Waals surface area contributed by atoms with Gasteiger partial charge in [-0.1, -0.05) is 18.2 Å². The van der Waals surface area contributed by atoms with Crippen molar-refractivity contribution in [3.8, 4) is 11.5 Å². The Morgan fingerprint density at radius 1 is 1.07 bits per heavy atom. The number of benzene rings is 2. The van der Waals surface area contributed by atoms with Crippen LogP contribution in [-0.4, -0.2) is 41.6 Å². The van der Waals surface area contributed by atoms with E-state index in [1.807, 2.05) is 12.1 Å². The van der Waals surface area contributed by atoms with Crippen molar-refractivity contribution in [2.45, 2.75) is 23.7 Å². The SMILES string of the molecule is COc1ccc(CCNS(=O)(=O)c2ccc([C@H]3CNC(=O)C3)cc2)cc1OC. The Morgan fingerprint density at radius 2 is 1.79 bits per heavy atom. The summed E-state index contributed by atoms with van der Waals surface area (Å²) in [6.07, 6.45) is 0.962. The molecule has 1 saturated heterocycles. The van der Waals surface area contributed by atoms with E-state index in [1.54, 1.807) is 44.6 Å². The molecule has 2 aromatic carbocycles. The highest BCUT2D eigenvalue weighted by Crippen LogP contribution is 2.28. The topological polar surface area (TPSA) is 93.7 Å². The van der Waals surface area contributed by atoms with Crippen molar-refractivity contribution in [3.05, 3.63) is 53.6 Å². The van der Waals surface area contributed by atoms with E-state index in [1.165, 1.54) is 0 Å². The van der Waals surface area contributed by atoms with Gasteiger partial charge in [-0.3, -0.25) is 4.79 Å². The molecule has 1 atom stereocenters. The minimum absolute atomic E-state index is 0.0264. The van der Waals surface area contributed by atoms with Gasteiger partial charge in [-0.25, -0.2) is 13.1 Å². The maximum absolute atomic E-state index is 12.5. The summed E-state index contributed by atoms with van der Waals surface area (Å²) in [7, 11) is -0.470. The third-order valence-corrected chi connectivity index (χ3v) is 6.27. The molecule has 7 nitrogen and oxygen atoms in total. The number of hydrogen-bond donors (Lipinski definition) is 2. The molecule has 1 aliphatic rings. The lowest BCUT2D eigenvalue weighted by atomic mass is 9.99. The molecule has 1 fully saturated rings. The number of hydrogen-bond acceptors (Lipinski definition) is 5. The number of rotatable bonds is 8. The van der Waals surface area contributed by atoms with Crippen LogP contribution in [0.15, 0.2) is 47.4 Å². The Balaban J connectivity index is 1.60. The van der Waals surface area contributed by atoms with Crippen LogP contribution in [0.4, 0.5) is 0 Å². The van der Waals surface area contributed by atoms with Gasteiger partial charge in [-0.2, -0.15) is 0 Å². The van der Waals surface area contributed by atoms with Gasteiger partial charge in [0.2, 0.25) is 15.9 Å². The third kappa shape index (κ3) is 4.63. The van der Waals surface area contributed by atoms with Gasteiger partial charge in [0, 0.05) is 25.4 Å². The van der Waals surface area contributed by atoms with Gasteiger partial charge in [0.05, 0.1) is 19.1 Å². The van der Waals surface area contributed by atoms with E-state index >= 15 is 0 Å². The van der Waals surface area contributed by atoms with Crippen molar-refractivity contribution >= 4 is 15.9 Å². The van der Waals surface area contributed by atoms with Crippen molar-refractivity contribution in [2.75, 3.05) is 27.3 Å². The zero-order valence-corrected chi connectivity index (χ0v) is 16.7. The van der Waals surface area contributed by atoms with Gasteiger partial charge in [0.1, 0.15) is 0 Å². The average molecular weight is 404 g/mol. The van der Waals surface area contributed by atoms with Crippen molar-refractivity contribution in [3.63, 3.8) is 0 Å². The van der Waals surface area contributed by atoms with Crippen LogP contribution in [0.3, 0.4) is 0 Å². The number of nitrogens with one attached hydrogen (secondary N) is 2. The van der Waals surface area contributed by atoms with Crippen molar-refractivity contribution in [1.82, 2.24) is 10.0 Å². The molecule has 1 aliphatic heterocycles. The van der Waals surface area contributed by atoms with Crippen LogP contribution >= 0.6 is 0 Å². The summed E-state index contributed by atoms with van der Waals surface area (Å²) in [5, 5.41) is 2.79. The second kappa shape index (κ2) is 8.62. The quantitative estimate of drug-likeness (QED) is 0.700. The largest absolute Gasteiger partial charge is 0.493 e. The summed E-state index contributed by atoms with van der Waals surface area (Å²) < 4.78 is 38.1. The first kappa shape index (κ1) is 20.2. The van der Waals surface area contributed by atoms with Crippen LogP contribution in [-0.2, 0) is 21.2 Å². The van der Waals surface area contributed by atoms with Gasteiger partial charge in [-0.15, -0.1) is 0 Å². The van der Waals surface area contributed by atoms with Crippen LogP contribution in [0.5, 0.6) is 11.5 Å². The molecular formula is C20H24N2O5S. The smallest absolute Gasteiger partial charge is 0.240 e. The van der Waals surface area contributed by atoms with E-state index in [2.05, 4.69) is 10.0 Å². The highest BCUT2D eigenvalue weighted by atomic mass is 32.2. The molecule has 0 radical (unpaired) electrons. The minimum Gasteiger partial charge on any atom is -0.493 e. The standard InChI is InChI=1S/C20H24N2O5S/c1-26-18-8-3-14(11-19(18)27-2)9-10-22-28(24,25)17-6-4-15(5-7-17)16-12-20(23)21-13-16/h3-8,11,16,22H,9-10,12-13H2,1-2H3,(H,21,23)/t16-/m1/s1. The van der Waals surface area contributed by atoms with E-state index in [4.69, 9.17) is 9.47 Å². The van der Waals surface area contributed by atoms with Crippen molar-refractivity contribution in [2.24, 2.45) is 0 Å². The molecule has 0 aromatic heterocycles. The van der Waals surface area contributed by atoms with E-state index in [0.29, 0.717) is 30.9 Å². The number of methoxy groups -OCH3 is 2. The van der Waals surface area contributed by atoms with Gasteiger partial charge in [0.15, 0.2) is 11.5 Å². The molecule has 150 valence electrons. The maximum Gasteiger partial charge on any atom is 0.240 e. The lowest BCUT2D eigenvalue weighted by Gasteiger charge is -2.11. The molecule has 2 aromatic rings. The zero-order chi connectivity index (χ0) is 20.1. The van der Waals surface area contributed by atoms with Gasteiger partial charge in [0.25, 0.3) is 0 Å². The fourth-order valence-corrected chi connectivity index (χ4v) is 4.24. The first-order valence-electron chi connectivity index (χ1n) is 9.00. The van der Waals surface area contributed by atoms with Crippen molar-refractivity contribution < 1.29 is 22.7 Å². The first-order chi connectivity index (χ1) is 13.4.